The van der Waals surface area contributed by atoms with E-state index in [0.717, 1.165) is 34.3 Å². The molecule has 28 heavy (non-hydrogen) atoms. The van der Waals surface area contributed by atoms with Crippen LogP contribution in [0.4, 0.5) is 17.2 Å². The number of pyridine rings is 1. The standard InChI is InChI=1S/C22H19N5O/c1-2-15-7-3-4-10-17(15)27-22(28)19-13-25-20(14-24-19)26-18-11-5-8-16-9-6-12-23-21(16)18/h3-14H,2H2,1H3,(H,25,26)(H,27,28). The molecule has 0 radical (unpaired) electrons. The number of rotatable bonds is 5. The molecule has 2 heterocycles. The molecule has 0 saturated heterocycles. The van der Waals surface area contributed by atoms with Crippen LogP contribution in [-0.2, 0) is 6.42 Å². The largest absolute Gasteiger partial charge is 0.337 e. The van der Waals surface area contributed by atoms with Gasteiger partial charge in [-0.1, -0.05) is 43.3 Å². The van der Waals surface area contributed by atoms with E-state index in [0.29, 0.717) is 5.82 Å². The molecule has 6 nitrogen and oxygen atoms in total. The topological polar surface area (TPSA) is 79.8 Å². The van der Waals surface area contributed by atoms with Crippen molar-refractivity contribution >= 4 is 34.0 Å². The van der Waals surface area contributed by atoms with Gasteiger partial charge < -0.3 is 10.6 Å². The van der Waals surface area contributed by atoms with Crippen LogP contribution < -0.4 is 10.6 Å². The first-order valence-electron chi connectivity index (χ1n) is 9.06. The lowest BCUT2D eigenvalue weighted by molar-refractivity contribution is 0.102. The van der Waals surface area contributed by atoms with Gasteiger partial charge in [0.1, 0.15) is 11.5 Å². The van der Waals surface area contributed by atoms with Crippen LogP contribution in [-0.4, -0.2) is 20.9 Å². The summed E-state index contributed by atoms with van der Waals surface area (Å²) in [4.78, 5) is 25.5. The first-order chi connectivity index (χ1) is 13.7. The first-order valence-corrected chi connectivity index (χ1v) is 9.06. The molecule has 1 amide bonds. The first kappa shape index (κ1) is 17.6. The van der Waals surface area contributed by atoms with Gasteiger partial charge in [-0.25, -0.2) is 9.97 Å². The van der Waals surface area contributed by atoms with E-state index >= 15 is 0 Å². The normalized spacial score (nSPS) is 10.6. The number of benzene rings is 2. The maximum Gasteiger partial charge on any atom is 0.275 e. The van der Waals surface area contributed by atoms with Crippen molar-refractivity contribution in [1.29, 1.82) is 0 Å². The van der Waals surface area contributed by atoms with E-state index in [-0.39, 0.29) is 11.6 Å². The Morgan fingerprint density at radius 2 is 1.71 bits per heavy atom. The van der Waals surface area contributed by atoms with Crippen molar-refractivity contribution in [3.8, 4) is 0 Å². The minimum absolute atomic E-state index is 0.257. The highest BCUT2D eigenvalue weighted by Gasteiger charge is 2.11. The number of para-hydroxylation sites is 2. The summed E-state index contributed by atoms with van der Waals surface area (Å²) >= 11 is 0. The van der Waals surface area contributed by atoms with E-state index in [4.69, 9.17) is 0 Å². The molecule has 4 rings (SSSR count). The second-order valence-electron chi connectivity index (χ2n) is 6.26. The molecule has 0 aliphatic rings. The highest BCUT2D eigenvalue weighted by atomic mass is 16.1. The van der Waals surface area contributed by atoms with Gasteiger partial charge in [-0.05, 0) is 30.2 Å². The van der Waals surface area contributed by atoms with Crippen molar-refractivity contribution in [3.05, 3.63) is 84.4 Å². The number of hydrogen-bond acceptors (Lipinski definition) is 5. The molecule has 138 valence electrons. The van der Waals surface area contributed by atoms with Crippen LogP contribution in [0.15, 0.2) is 73.2 Å². The molecule has 0 fully saturated rings. The fraction of sp³-hybridized carbons (Fsp3) is 0.0909. The zero-order valence-corrected chi connectivity index (χ0v) is 15.4. The molecule has 0 unspecified atom stereocenters. The van der Waals surface area contributed by atoms with Crippen molar-refractivity contribution < 1.29 is 4.79 Å². The quantitative estimate of drug-likeness (QED) is 0.538. The maximum absolute atomic E-state index is 12.5. The summed E-state index contributed by atoms with van der Waals surface area (Å²) in [6.45, 7) is 2.05. The molecule has 0 aliphatic heterocycles. The summed E-state index contributed by atoms with van der Waals surface area (Å²) in [6.07, 6.45) is 5.60. The smallest absolute Gasteiger partial charge is 0.275 e. The third-order valence-electron chi connectivity index (χ3n) is 4.43. The molecule has 2 aromatic carbocycles. The summed E-state index contributed by atoms with van der Waals surface area (Å²) in [5.41, 5.74) is 3.81. The number of fused-ring (bicyclic) bond motifs is 1. The monoisotopic (exact) mass is 369 g/mol. The van der Waals surface area contributed by atoms with E-state index in [1.54, 1.807) is 12.4 Å². The van der Waals surface area contributed by atoms with Crippen LogP contribution in [0.25, 0.3) is 10.9 Å². The van der Waals surface area contributed by atoms with E-state index in [1.807, 2.05) is 61.5 Å². The number of nitrogens with zero attached hydrogens (tertiary/aromatic N) is 3. The minimum Gasteiger partial charge on any atom is -0.337 e. The Morgan fingerprint density at radius 3 is 2.54 bits per heavy atom. The van der Waals surface area contributed by atoms with Crippen molar-refractivity contribution in [2.24, 2.45) is 0 Å². The van der Waals surface area contributed by atoms with Gasteiger partial charge in [0.15, 0.2) is 0 Å². The maximum atomic E-state index is 12.5. The highest BCUT2D eigenvalue weighted by Crippen LogP contribution is 2.23. The lowest BCUT2D eigenvalue weighted by Gasteiger charge is -2.10. The van der Waals surface area contributed by atoms with Gasteiger partial charge in [0.05, 0.1) is 23.6 Å². The molecule has 0 spiro atoms. The summed E-state index contributed by atoms with van der Waals surface area (Å²) in [7, 11) is 0. The third-order valence-corrected chi connectivity index (χ3v) is 4.43. The molecule has 0 bridgehead atoms. The SMILES string of the molecule is CCc1ccccc1NC(=O)c1cnc(Nc2cccc3cccnc23)cn1. The Kier molecular flexibility index (Phi) is 4.93. The average Bonchev–Trinajstić information content (AvgIpc) is 2.75. The lowest BCUT2D eigenvalue weighted by atomic mass is 10.1. The highest BCUT2D eigenvalue weighted by molar-refractivity contribution is 6.03. The van der Waals surface area contributed by atoms with Crippen molar-refractivity contribution in [1.82, 2.24) is 15.0 Å². The fourth-order valence-electron chi connectivity index (χ4n) is 2.99. The van der Waals surface area contributed by atoms with E-state index < -0.39 is 0 Å². The Bertz CT molecular complexity index is 1120. The summed E-state index contributed by atoms with van der Waals surface area (Å²) < 4.78 is 0. The fourth-order valence-corrected chi connectivity index (χ4v) is 2.99. The van der Waals surface area contributed by atoms with E-state index in [1.165, 1.54) is 6.20 Å². The molecular weight excluding hydrogens is 350 g/mol. The molecule has 6 heteroatoms. The Hall–Kier alpha value is -3.80. The van der Waals surface area contributed by atoms with Gasteiger partial charge >= 0.3 is 0 Å². The molecule has 0 aliphatic carbocycles. The lowest BCUT2D eigenvalue weighted by Crippen LogP contribution is -2.15. The van der Waals surface area contributed by atoms with E-state index in [2.05, 4.69) is 25.6 Å². The number of anilines is 3. The van der Waals surface area contributed by atoms with Gasteiger partial charge in [0, 0.05) is 17.3 Å². The molecule has 4 aromatic rings. The van der Waals surface area contributed by atoms with Crippen molar-refractivity contribution in [3.63, 3.8) is 0 Å². The number of carbonyl (C=O) groups is 1. The average molecular weight is 369 g/mol. The van der Waals surface area contributed by atoms with Gasteiger partial charge in [-0.3, -0.25) is 9.78 Å². The van der Waals surface area contributed by atoms with Crippen LogP contribution >= 0.6 is 0 Å². The predicted octanol–water partition coefficient (Wildman–Crippen LogP) is 4.58. The number of amides is 1. The van der Waals surface area contributed by atoms with E-state index in [9.17, 15) is 4.79 Å². The van der Waals surface area contributed by atoms with Crippen molar-refractivity contribution in [2.45, 2.75) is 13.3 Å². The number of aromatic nitrogens is 3. The molecular formula is C22H19N5O. The van der Waals surface area contributed by atoms with Crippen LogP contribution in [0, 0.1) is 0 Å². The Morgan fingerprint density at radius 1 is 0.893 bits per heavy atom. The van der Waals surface area contributed by atoms with Gasteiger partial charge in [0.25, 0.3) is 5.91 Å². The van der Waals surface area contributed by atoms with Crippen LogP contribution in [0.1, 0.15) is 23.0 Å². The second-order valence-corrected chi connectivity index (χ2v) is 6.26. The Labute approximate surface area is 162 Å². The third kappa shape index (κ3) is 3.66. The number of hydrogen-bond donors (Lipinski definition) is 2. The summed E-state index contributed by atoms with van der Waals surface area (Å²) in [6, 6.07) is 17.5. The zero-order chi connectivity index (χ0) is 19.3. The molecule has 0 atom stereocenters. The van der Waals surface area contributed by atoms with Crippen molar-refractivity contribution in [2.75, 3.05) is 10.6 Å². The van der Waals surface area contributed by atoms with Crippen LogP contribution in [0.5, 0.6) is 0 Å². The second kappa shape index (κ2) is 7.84. The van der Waals surface area contributed by atoms with Gasteiger partial charge in [0.2, 0.25) is 0 Å². The van der Waals surface area contributed by atoms with Crippen LogP contribution in [0.2, 0.25) is 0 Å². The summed E-state index contributed by atoms with van der Waals surface area (Å²) in [5.74, 6) is 0.260. The number of aryl methyl sites for hydroxylation is 1. The summed E-state index contributed by atoms with van der Waals surface area (Å²) in [5, 5.41) is 7.15. The van der Waals surface area contributed by atoms with Gasteiger partial charge in [-0.2, -0.15) is 0 Å². The molecule has 0 saturated carbocycles. The predicted molar refractivity (Wildman–Crippen MR) is 111 cm³/mol. The van der Waals surface area contributed by atoms with Crippen LogP contribution in [0.3, 0.4) is 0 Å². The molecule has 2 N–H and O–H groups in total. The van der Waals surface area contributed by atoms with Gasteiger partial charge in [-0.15, -0.1) is 0 Å². The molecule has 2 aromatic heterocycles. The number of nitrogens with one attached hydrogen (secondary N) is 2. The number of carbonyl (C=O) groups excluding carboxylic acids is 1. The Balaban J connectivity index is 1.51. The zero-order valence-electron chi connectivity index (χ0n) is 15.4. The minimum atomic E-state index is -0.285.